The van der Waals surface area contributed by atoms with E-state index in [1.807, 2.05) is 58.0 Å². The molecular weight excluding hydrogens is 346 g/mol. The van der Waals surface area contributed by atoms with Crippen molar-refractivity contribution in [2.75, 3.05) is 13.1 Å². The molecule has 2 aromatic carbocycles. The highest BCUT2D eigenvalue weighted by atomic mass is 35.5. The molecule has 0 aliphatic carbocycles. The Morgan fingerprint density at radius 3 is 2.58 bits per heavy atom. The molecule has 3 aromatic rings. The molecule has 0 spiro atoms. The largest absolute Gasteiger partial charge is 0.341 e. The van der Waals surface area contributed by atoms with E-state index in [0.717, 1.165) is 48.4 Å². The van der Waals surface area contributed by atoms with Gasteiger partial charge in [0.05, 0.1) is 16.1 Å². The van der Waals surface area contributed by atoms with Crippen LogP contribution in [0.5, 0.6) is 0 Å². The monoisotopic (exact) mass is 367 g/mol. The highest BCUT2D eigenvalue weighted by molar-refractivity contribution is 6.33. The molecule has 1 aliphatic rings. The maximum atomic E-state index is 12.9. The number of halogens is 1. The fraction of sp³-hybridized carbons (Fsp3) is 0.333. The van der Waals surface area contributed by atoms with Gasteiger partial charge in [-0.15, -0.1) is 0 Å². The first-order valence-electron chi connectivity index (χ1n) is 9.11. The van der Waals surface area contributed by atoms with Crippen molar-refractivity contribution in [3.05, 3.63) is 53.6 Å². The summed E-state index contributed by atoms with van der Waals surface area (Å²) < 4.78 is 2.00. The van der Waals surface area contributed by atoms with E-state index >= 15 is 0 Å². The molecule has 1 amide bonds. The van der Waals surface area contributed by atoms with Crippen LogP contribution in [0.1, 0.15) is 19.8 Å². The minimum absolute atomic E-state index is 0.147. The Morgan fingerprint density at radius 2 is 1.81 bits per heavy atom. The van der Waals surface area contributed by atoms with Crippen molar-refractivity contribution < 1.29 is 4.79 Å². The molecule has 1 fully saturated rings. The summed E-state index contributed by atoms with van der Waals surface area (Å²) in [6.07, 6.45) is 2.15. The summed E-state index contributed by atoms with van der Waals surface area (Å²) >= 11 is 6.41. The van der Waals surface area contributed by atoms with Gasteiger partial charge in [-0.2, -0.15) is 0 Å². The summed E-state index contributed by atoms with van der Waals surface area (Å²) in [4.78, 5) is 19.7. The number of amides is 1. The van der Waals surface area contributed by atoms with Crippen LogP contribution in [0.2, 0.25) is 5.02 Å². The molecular formula is C21H22ClN3O. The van der Waals surface area contributed by atoms with Crippen LogP contribution in [-0.4, -0.2) is 33.4 Å². The fourth-order valence-electron chi connectivity index (χ4n) is 3.58. The van der Waals surface area contributed by atoms with Crippen LogP contribution in [-0.2, 0) is 11.3 Å². The zero-order valence-corrected chi connectivity index (χ0v) is 15.6. The summed E-state index contributed by atoms with van der Waals surface area (Å²) in [5.41, 5.74) is 2.69. The topological polar surface area (TPSA) is 38.1 Å². The third kappa shape index (κ3) is 3.21. The number of nitrogens with zero attached hydrogens (tertiary/aromatic N) is 3. The summed E-state index contributed by atoms with van der Waals surface area (Å²) in [6.45, 7) is 4.22. The number of para-hydroxylation sites is 2. The number of hydrogen-bond donors (Lipinski definition) is 0. The van der Waals surface area contributed by atoms with Gasteiger partial charge in [-0.1, -0.05) is 42.8 Å². The van der Waals surface area contributed by atoms with Gasteiger partial charge >= 0.3 is 0 Å². The van der Waals surface area contributed by atoms with Gasteiger partial charge in [0, 0.05) is 18.7 Å². The molecule has 2 heterocycles. The third-order valence-corrected chi connectivity index (χ3v) is 5.53. The Kier molecular flexibility index (Phi) is 4.68. The number of likely N-dealkylation sites (tertiary alicyclic amines) is 1. The van der Waals surface area contributed by atoms with Gasteiger partial charge in [0.1, 0.15) is 12.4 Å². The van der Waals surface area contributed by atoms with Gasteiger partial charge in [0.15, 0.2) is 0 Å². The highest BCUT2D eigenvalue weighted by Gasteiger charge is 2.23. The molecule has 0 bridgehead atoms. The van der Waals surface area contributed by atoms with E-state index in [9.17, 15) is 4.79 Å². The molecule has 1 saturated heterocycles. The molecule has 0 atom stereocenters. The lowest BCUT2D eigenvalue weighted by atomic mass is 9.99. The van der Waals surface area contributed by atoms with E-state index in [2.05, 4.69) is 6.92 Å². The van der Waals surface area contributed by atoms with Gasteiger partial charge in [-0.3, -0.25) is 4.79 Å². The minimum Gasteiger partial charge on any atom is -0.341 e. The summed E-state index contributed by atoms with van der Waals surface area (Å²) in [5, 5.41) is 0.642. The number of aromatic nitrogens is 2. The van der Waals surface area contributed by atoms with Crippen molar-refractivity contribution in [2.24, 2.45) is 5.92 Å². The van der Waals surface area contributed by atoms with E-state index in [1.54, 1.807) is 0 Å². The predicted molar refractivity (Wildman–Crippen MR) is 105 cm³/mol. The van der Waals surface area contributed by atoms with Gasteiger partial charge in [0.25, 0.3) is 0 Å². The van der Waals surface area contributed by atoms with Crippen molar-refractivity contribution in [3.63, 3.8) is 0 Å². The number of benzene rings is 2. The maximum absolute atomic E-state index is 12.9. The summed E-state index contributed by atoms with van der Waals surface area (Å²) in [5.74, 6) is 1.59. The lowest BCUT2D eigenvalue weighted by Gasteiger charge is -2.30. The van der Waals surface area contributed by atoms with Crippen molar-refractivity contribution in [1.82, 2.24) is 14.5 Å². The maximum Gasteiger partial charge on any atom is 0.242 e. The van der Waals surface area contributed by atoms with Crippen LogP contribution in [0.15, 0.2) is 48.5 Å². The molecule has 0 unspecified atom stereocenters. The van der Waals surface area contributed by atoms with Crippen LogP contribution in [0.3, 0.4) is 0 Å². The van der Waals surface area contributed by atoms with E-state index in [1.165, 1.54) is 0 Å². The fourth-order valence-corrected chi connectivity index (χ4v) is 3.80. The lowest BCUT2D eigenvalue weighted by molar-refractivity contribution is -0.133. The van der Waals surface area contributed by atoms with Crippen LogP contribution >= 0.6 is 11.6 Å². The van der Waals surface area contributed by atoms with Crippen molar-refractivity contribution in [2.45, 2.75) is 26.3 Å². The van der Waals surface area contributed by atoms with Gasteiger partial charge in [-0.05, 0) is 43.0 Å². The van der Waals surface area contributed by atoms with E-state index in [-0.39, 0.29) is 12.5 Å². The number of carbonyl (C=O) groups is 1. The SMILES string of the molecule is CC1CCN(C(=O)Cn2c(-c3ccccc3Cl)nc3ccccc32)CC1. The number of imidazole rings is 1. The minimum atomic E-state index is 0.147. The quantitative estimate of drug-likeness (QED) is 0.677. The molecule has 1 aromatic heterocycles. The second-order valence-corrected chi connectivity index (χ2v) is 7.46. The van der Waals surface area contributed by atoms with Crippen molar-refractivity contribution >= 4 is 28.5 Å². The number of carbonyl (C=O) groups excluding carboxylic acids is 1. The number of piperidine rings is 1. The van der Waals surface area contributed by atoms with Crippen molar-refractivity contribution in [1.29, 1.82) is 0 Å². The van der Waals surface area contributed by atoms with Crippen LogP contribution in [0.25, 0.3) is 22.4 Å². The molecule has 26 heavy (non-hydrogen) atoms. The molecule has 0 radical (unpaired) electrons. The summed E-state index contributed by atoms with van der Waals surface area (Å²) in [6, 6.07) is 15.6. The zero-order valence-electron chi connectivity index (χ0n) is 14.9. The van der Waals surface area contributed by atoms with Crippen LogP contribution < -0.4 is 0 Å². The van der Waals surface area contributed by atoms with E-state index in [4.69, 9.17) is 16.6 Å². The number of rotatable bonds is 3. The Morgan fingerprint density at radius 1 is 1.12 bits per heavy atom. The standard InChI is InChI=1S/C21H22ClN3O/c1-15-10-12-24(13-11-15)20(26)14-25-19-9-5-4-8-18(19)23-21(25)16-6-2-3-7-17(16)22/h2-9,15H,10-14H2,1H3. The van der Waals surface area contributed by atoms with Crippen LogP contribution in [0.4, 0.5) is 0 Å². The molecule has 0 N–H and O–H groups in total. The predicted octanol–water partition coefficient (Wildman–Crippen LogP) is 4.62. The molecule has 4 rings (SSSR count). The average molecular weight is 368 g/mol. The molecule has 134 valence electrons. The Hall–Kier alpha value is -2.33. The number of fused-ring (bicyclic) bond motifs is 1. The Bertz CT molecular complexity index is 941. The van der Waals surface area contributed by atoms with Crippen molar-refractivity contribution in [3.8, 4) is 11.4 Å². The smallest absolute Gasteiger partial charge is 0.242 e. The lowest BCUT2D eigenvalue weighted by Crippen LogP contribution is -2.39. The first kappa shape index (κ1) is 17.1. The molecule has 1 aliphatic heterocycles. The van der Waals surface area contributed by atoms with E-state index < -0.39 is 0 Å². The second-order valence-electron chi connectivity index (χ2n) is 7.05. The highest BCUT2D eigenvalue weighted by Crippen LogP contribution is 2.30. The average Bonchev–Trinajstić information content (AvgIpc) is 3.01. The molecule has 0 saturated carbocycles. The van der Waals surface area contributed by atoms with E-state index in [0.29, 0.717) is 10.9 Å². The van der Waals surface area contributed by atoms with Gasteiger partial charge in [0.2, 0.25) is 5.91 Å². The molecule has 5 heteroatoms. The first-order chi connectivity index (χ1) is 12.6. The first-order valence-corrected chi connectivity index (χ1v) is 9.49. The Labute approximate surface area is 158 Å². The molecule has 4 nitrogen and oxygen atoms in total. The zero-order chi connectivity index (χ0) is 18.1. The van der Waals surface area contributed by atoms with Gasteiger partial charge < -0.3 is 9.47 Å². The number of hydrogen-bond acceptors (Lipinski definition) is 2. The summed E-state index contributed by atoms with van der Waals surface area (Å²) in [7, 11) is 0. The third-order valence-electron chi connectivity index (χ3n) is 5.20. The normalized spacial score (nSPS) is 15.5. The van der Waals surface area contributed by atoms with Gasteiger partial charge in [-0.25, -0.2) is 4.98 Å². The second kappa shape index (κ2) is 7.12. The van der Waals surface area contributed by atoms with Crippen LogP contribution in [0, 0.1) is 5.92 Å². The Balaban J connectivity index is 1.72.